The predicted molar refractivity (Wildman–Crippen MR) is 195 cm³/mol. The number of aliphatic hydroxyl groups excluding tert-OH is 1. The number of anilines is 1. The number of hydrogen-bond donors (Lipinski definition) is 2. The van der Waals surface area contributed by atoms with Crippen molar-refractivity contribution in [1.82, 2.24) is 9.55 Å². The molecule has 2 heterocycles. The second-order valence-electron chi connectivity index (χ2n) is 16.1. The monoisotopic (exact) mass is 739 g/mol. The first-order valence-electron chi connectivity index (χ1n) is 19.4. The number of aromatic nitrogens is 2. The van der Waals surface area contributed by atoms with Crippen molar-refractivity contribution in [2.75, 3.05) is 12.3 Å². The maximum Gasteiger partial charge on any atom is 0.351 e. The van der Waals surface area contributed by atoms with Crippen molar-refractivity contribution in [3.8, 4) is 0 Å². The molecule has 0 radical (unpaired) electrons. The number of esters is 2. The topological polar surface area (TPSA) is 143 Å². The third kappa shape index (κ3) is 8.85. The van der Waals surface area contributed by atoms with Crippen LogP contribution in [0.3, 0.4) is 0 Å². The molecular formula is C41H55F2N3O7. The maximum atomic E-state index is 14.8. The van der Waals surface area contributed by atoms with Gasteiger partial charge in [0.1, 0.15) is 24.6 Å². The molecule has 4 saturated carbocycles. The highest BCUT2D eigenvalue weighted by atomic mass is 19.3. The Labute approximate surface area is 310 Å². The Kier molecular flexibility index (Phi) is 12.1. The van der Waals surface area contributed by atoms with E-state index in [1.54, 1.807) is 5.57 Å². The summed E-state index contributed by atoms with van der Waals surface area (Å²) in [5, 5.41) is 10.2. The number of allylic oxidation sites excluding steroid dienone is 6. The van der Waals surface area contributed by atoms with Gasteiger partial charge in [-0.1, -0.05) is 49.8 Å². The van der Waals surface area contributed by atoms with Gasteiger partial charge in [-0.2, -0.15) is 13.8 Å². The first-order valence-corrected chi connectivity index (χ1v) is 19.4. The lowest BCUT2D eigenvalue weighted by Gasteiger charge is -2.44. The lowest BCUT2D eigenvalue weighted by molar-refractivity contribution is -0.151. The Bertz CT molecular complexity index is 1680. The molecule has 6 unspecified atom stereocenters. The molecule has 1 aliphatic heterocycles. The summed E-state index contributed by atoms with van der Waals surface area (Å²) in [6.45, 7) is 8.43. The standard InChI is InChI=1S/C41H55F2N3O7/c1-25-8-4-5-9-27(25)14-15-28-10-7-22-40(3)30(18-19-31(28)40)26(2)13-20-32(29-16-17-29)52-36(48)12-6-11-35(47)51-24-33-37(49)41(42,43)38(53-33)46-23-21-34(44)45-39(46)50/h13-15,20-21,23,26,29-33,37-38,49H,1,4-12,16-19,22,24H2,2-3H3,(H2,44,45,50)/b20-13+,27-14-,28-15+/t26-,30?,31?,32?,33?,37?,38?,40+/m0/s1. The number of ether oxygens (including phenoxy) is 3. The average Bonchev–Trinajstić information content (AvgIpc) is 3.86. The number of hydrogen-bond acceptors (Lipinski definition) is 9. The van der Waals surface area contributed by atoms with Gasteiger partial charge in [-0.05, 0) is 124 Å². The number of rotatable bonds is 13. The van der Waals surface area contributed by atoms with Crippen LogP contribution in [-0.2, 0) is 23.8 Å². The lowest BCUT2D eigenvalue weighted by atomic mass is 9.61. The number of carbonyl (C=O) groups is 2. The van der Waals surface area contributed by atoms with Gasteiger partial charge in [0.2, 0.25) is 6.23 Å². The number of alkyl halides is 2. The molecular weight excluding hydrogens is 684 g/mol. The van der Waals surface area contributed by atoms with Crippen LogP contribution in [0.25, 0.3) is 0 Å². The highest BCUT2D eigenvalue weighted by Gasteiger charge is 2.60. The Morgan fingerprint density at radius 2 is 1.87 bits per heavy atom. The highest BCUT2D eigenvalue weighted by Crippen LogP contribution is 2.59. The van der Waals surface area contributed by atoms with E-state index in [-0.39, 0.29) is 36.6 Å². The first-order chi connectivity index (χ1) is 25.3. The van der Waals surface area contributed by atoms with Gasteiger partial charge in [0, 0.05) is 19.0 Å². The van der Waals surface area contributed by atoms with Gasteiger partial charge >= 0.3 is 23.6 Å². The van der Waals surface area contributed by atoms with E-state index in [9.17, 15) is 28.3 Å². The van der Waals surface area contributed by atoms with Crippen molar-refractivity contribution in [3.63, 3.8) is 0 Å². The summed E-state index contributed by atoms with van der Waals surface area (Å²) >= 11 is 0. The third-order valence-electron chi connectivity index (χ3n) is 12.4. The number of nitrogen functional groups attached to an aromatic ring is 1. The van der Waals surface area contributed by atoms with E-state index in [0.717, 1.165) is 37.9 Å². The van der Waals surface area contributed by atoms with Crippen molar-refractivity contribution in [3.05, 3.63) is 70.3 Å². The SMILES string of the molecule is C=C1CCCC/C1=C/C=C1\CCC[C@@]2(C)C1CCC2[C@@H](C)/C=C/C(OC(=O)CCCC(=O)OCC1OC(n2ccc(N)nc2=O)C(F)(F)C1O)C1CC1. The minimum Gasteiger partial charge on any atom is -0.463 e. The summed E-state index contributed by atoms with van der Waals surface area (Å²) in [5.74, 6) is -3.36. The van der Waals surface area contributed by atoms with Gasteiger partial charge in [-0.3, -0.25) is 14.2 Å². The van der Waals surface area contributed by atoms with E-state index < -0.39 is 48.6 Å². The molecule has 5 aliphatic rings. The van der Waals surface area contributed by atoms with Crippen LogP contribution in [0.15, 0.2) is 64.7 Å². The Morgan fingerprint density at radius 3 is 2.60 bits per heavy atom. The van der Waals surface area contributed by atoms with E-state index in [0.29, 0.717) is 28.2 Å². The van der Waals surface area contributed by atoms with Crippen LogP contribution in [-0.4, -0.2) is 57.4 Å². The highest BCUT2D eigenvalue weighted by molar-refractivity contribution is 5.72. The van der Waals surface area contributed by atoms with Gasteiger partial charge < -0.3 is 25.1 Å². The minimum absolute atomic E-state index is 0.00153. The van der Waals surface area contributed by atoms with Crippen LogP contribution in [0.2, 0.25) is 0 Å². The molecule has 0 bridgehead atoms. The molecule has 12 heteroatoms. The van der Waals surface area contributed by atoms with E-state index in [2.05, 4.69) is 49.7 Å². The number of halogens is 2. The molecule has 8 atom stereocenters. The molecule has 1 saturated heterocycles. The summed E-state index contributed by atoms with van der Waals surface area (Å²) < 4.78 is 46.3. The molecule has 10 nitrogen and oxygen atoms in total. The quantitative estimate of drug-likeness (QED) is 0.159. The third-order valence-corrected chi connectivity index (χ3v) is 12.4. The van der Waals surface area contributed by atoms with Crippen molar-refractivity contribution in [2.24, 2.45) is 29.1 Å². The van der Waals surface area contributed by atoms with Gasteiger partial charge in [-0.15, -0.1) is 0 Å². The van der Waals surface area contributed by atoms with Crippen molar-refractivity contribution in [1.29, 1.82) is 0 Å². The molecule has 5 fully saturated rings. The number of carbonyl (C=O) groups excluding carboxylic acids is 2. The Balaban J connectivity index is 0.956. The molecule has 0 spiro atoms. The van der Waals surface area contributed by atoms with Crippen LogP contribution in [0.5, 0.6) is 0 Å². The molecule has 53 heavy (non-hydrogen) atoms. The van der Waals surface area contributed by atoms with Crippen LogP contribution < -0.4 is 11.4 Å². The normalized spacial score (nSPS) is 32.5. The summed E-state index contributed by atoms with van der Waals surface area (Å²) in [7, 11) is 0. The van der Waals surface area contributed by atoms with Crippen molar-refractivity contribution >= 4 is 17.8 Å². The number of fused-ring (bicyclic) bond motifs is 1. The fourth-order valence-electron chi connectivity index (χ4n) is 9.22. The summed E-state index contributed by atoms with van der Waals surface area (Å²) in [4.78, 5) is 40.7. The zero-order valence-electron chi connectivity index (χ0n) is 31.0. The lowest BCUT2D eigenvalue weighted by Crippen LogP contribution is -2.42. The summed E-state index contributed by atoms with van der Waals surface area (Å²) in [6, 6.07) is 1.15. The molecule has 4 aliphatic carbocycles. The number of nitrogens with two attached hydrogens (primary N) is 1. The fraction of sp³-hybridized carbons (Fsp3) is 0.659. The van der Waals surface area contributed by atoms with Crippen LogP contribution in [0.1, 0.15) is 110 Å². The summed E-state index contributed by atoms with van der Waals surface area (Å²) in [5.41, 5.74) is 8.93. The second-order valence-corrected chi connectivity index (χ2v) is 16.1. The molecule has 1 aromatic heterocycles. The van der Waals surface area contributed by atoms with Gasteiger partial charge in [0.15, 0.2) is 6.10 Å². The molecule has 6 rings (SSSR count). The molecule has 290 valence electrons. The Morgan fingerprint density at radius 1 is 1.11 bits per heavy atom. The smallest absolute Gasteiger partial charge is 0.351 e. The zero-order valence-corrected chi connectivity index (χ0v) is 31.0. The van der Waals surface area contributed by atoms with Crippen LogP contribution in [0.4, 0.5) is 14.6 Å². The molecule has 0 aromatic carbocycles. The summed E-state index contributed by atoms with van der Waals surface area (Å²) in [6.07, 6.45) is 16.5. The maximum absolute atomic E-state index is 14.8. The number of nitrogens with zero attached hydrogens (tertiary/aromatic N) is 2. The van der Waals surface area contributed by atoms with Crippen molar-refractivity contribution in [2.45, 2.75) is 134 Å². The van der Waals surface area contributed by atoms with Gasteiger partial charge in [0.05, 0.1) is 0 Å². The van der Waals surface area contributed by atoms with Gasteiger partial charge in [-0.25, -0.2) is 4.79 Å². The van der Waals surface area contributed by atoms with E-state index >= 15 is 0 Å². The zero-order chi connectivity index (χ0) is 37.9. The predicted octanol–water partition coefficient (Wildman–Crippen LogP) is 7.15. The largest absolute Gasteiger partial charge is 0.463 e. The minimum atomic E-state index is -3.86. The van der Waals surface area contributed by atoms with Gasteiger partial charge in [0.25, 0.3) is 0 Å². The van der Waals surface area contributed by atoms with Crippen LogP contribution in [0, 0.1) is 29.1 Å². The second kappa shape index (κ2) is 16.4. The van der Waals surface area contributed by atoms with Crippen LogP contribution >= 0.6 is 0 Å². The van der Waals surface area contributed by atoms with E-state index in [1.165, 1.54) is 56.1 Å². The molecule has 0 amide bonds. The van der Waals surface area contributed by atoms with E-state index in [4.69, 9.17) is 19.9 Å². The Hall–Kier alpha value is -3.64. The molecule has 1 aromatic rings. The molecule has 3 N–H and O–H groups in total. The van der Waals surface area contributed by atoms with Crippen molar-refractivity contribution < 1.29 is 37.7 Å². The van der Waals surface area contributed by atoms with E-state index in [1.807, 2.05) is 0 Å². The fourth-order valence-corrected chi connectivity index (χ4v) is 9.22. The first kappa shape index (κ1) is 39.1. The average molecular weight is 740 g/mol. The number of aliphatic hydroxyl groups is 1.